The number of pyridine rings is 2. The van der Waals surface area contributed by atoms with E-state index < -0.39 is 0 Å². The second kappa shape index (κ2) is 10.7. The molecule has 0 unspecified atom stereocenters. The van der Waals surface area contributed by atoms with Crippen molar-refractivity contribution in [3.63, 3.8) is 0 Å². The summed E-state index contributed by atoms with van der Waals surface area (Å²) in [5, 5.41) is 11.7. The molecule has 1 aliphatic rings. The summed E-state index contributed by atoms with van der Waals surface area (Å²) in [4.78, 5) is 21.5. The Labute approximate surface area is 223 Å². The van der Waals surface area contributed by atoms with Crippen molar-refractivity contribution in [2.45, 2.75) is 25.4 Å². The van der Waals surface area contributed by atoms with Crippen LogP contribution >= 0.6 is 0 Å². The van der Waals surface area contributed by atoms with Crippen molar-refractivity contribution in [3.05, 3.63) is 90.9 Å². The average Bonchev–Trinajstić information content (AvgIpc) is 3.64. The predicted octanol–water partition coefficient (Wildman–Crippen LogP) is 4.97. The molecule has 0 bridgehead atoms. The van der Waals surface area contributed by atoms with Crippen LogP contribution in [-0.4, -0.2) is 44.8 Å². The SMILES string of the molecule is O=C(NCCn1cc2c(-c3ccc(F)cc3)c(-c3ccncc3)c(-c3ccc(F)cc3)nc2n1)[C@@H]1CCCN1. The second-order valence-electron chi connectivity index (χ2n) is 9.53. The van der Waals surface area contributed by atoms with Crippen LogP contribution in [0.15, 0.2) is 79.3 Å². The third-order valence-electron chi connectivity index (χ3n) is 6.95. The van der Waals surface area contributed by atoms with Gasteiger partial charge in [0.05, 0.1) is 18.3 Å². The largest absolute Gasteiger partial charge is 0.353 e. The smallest absolute Gasteiger partial charge is 0.237 e. The quantitative estimate of drug-likeness (QED) is 0.314. The van der Waals surface area contributed by atoms with Crippen LogP contribution in [0.1, 0.15) is 12.8 Å². The number of hydrogen-bond acceptors (Lipinski definition) is 5. The Hall–Kier alpha value is -4.50. The maximum atomic E-state index is 13.9. The van der Waals surface area contributed by atoms with Gasteiger partial charge in [0, 0.05) is 47.2 Å². The first-order valence-electron chi connectivity index (χ1n) is 12.9. The van der Waals surface area contributed by atoms with Crippen molar-refractivity contribution in [1.29, 1.82) is 0 Å². The molecule has 0 aliphatic carbocycles. The van der Waals surface area contributed by atoms with E-state index >= 15 is 0 Å². The lowest BCUT2D eigenvalue weighted by Gasteiger charge is -2.16. The molecule has 1 amide bonds. The van der Waals surface area contributed by atoms with E-state index in [1.54, 1.807) is 41.3 Å². The number of nitrogens with zero attached hydrogens (tertiary/aromatic N) is 4. The molecule has 1 aliphatic heterocycles. The number of amides is 1. The van der Waals surface area contributed by atoms with Crippen molar-refractivity contribution >= 4 is 16.9 Å². The molecule has 9 heteroatoms. The molecule has 2 N–H and O–H groups in total. The van der Waals surface area contributed by atoms with Crippen LogP contribution in [0.2, 0.25) is 0 Å². The lowest BCUT2D eigenvalue weighted by Crippen LogP contribution is -2.41. The van der Waals surface area contributed by atoms with Gasteiger partial charge in [-0.1, -0.05) is 12.1 Å². The van der Waals surface area contributed by atoms with E-state index in [4.69, 9.17) is 10.1 Å². The number of carbonyl (C=O) groups is 1. The van der Waals surface area contributed by atoms with Crippen LogP contribution in [0.5, 0.6) is 0 Å². The highest BCUT2D eigenvalue weighted by Crippen LogP contribution is 2.42. The highest BCUT2D eigenvalue weighted by Gasteiger charge is 2.23. The van der Waals surface area contributed by atoms with Crippen molar-refractivity contribution < 1.29 is 13.6 Å². The topological polar surface area (TPSA) is 84.7 Å². The molecular weight excluding hydrogens is 498 g/mol. The number of halogens is 2. The van der Waals surface area contributed by atoms with E-state index in [0.717, 1.165) is 52.6 Å². The molecule has 7 nitrogen and oxygen atoms in total. The van der Waals surface area contributed by atoms with Gasteiger partial charge in [0.25, 0.3) is 0 Å². The fraction of sp³-hybridized carbons (Fsp3) is 0.200. The summed E-state index contributed by atoms with van der Waals surface area (Å²) >= 11 is 0. The predicted molar refractivity (Wildman–Crippen MR) is 146 cm³/mol. The number of benzene rings is 2. The normalized spacial score (nSPS) is 15.1. The Morgan fingerprint density at radius 1 is 0.923 bits per heavy atom. The highest BCUT2D eigenvalue weighted by atomic mass is 19.1. The molecule has 196 valence electrons. The molecule has 39 heavy (non-hydrogen) atoms. The number of hydrogen-bond donors (Lipinski definition) is 2. The first-order chi connectivity index (χ1) is 19.1. The number of carbonyl (C=O) groups excluding carboxylic acids is 1. The zero-order valence-electron chi connectivity index (χ0n) is 21.1. The van der Waals surface area contributed by atoms with Crippen LogP contribution < -0.4 is 10.6 Å². The monoisotopic (exact) mass is 524 g/mol. The molecule has 1 fully saturated rings. The maximum absolute atomic E-state index is 13.9. The van der Waals surface area contributed by atoms with Gasteiger partial charge < -0.3 is 10.6 Å². The molecule has 4 heterocycles. The van der Waals surface area contributed by atoms with Gasteiger partial charge in [0.2, 0.25) is 5.91 Å². The third kappa shape index (κ3) is 5.13. The minimum absolute atomic E-state index is 0.00657. The van der Waals surface area contributed by atoms with Gasteiger partial charge in [-0.2, -0.15) is 5.10 Å². The number of aromatic nitrogens is 4. The molecular formula is C30H26F2N6O. The summed E-state index contributed by atoms with van der Waals surface area (Å²) in [5.74, 6) is -0.687. The summed E-state index contributed by atoms with van der Waals surface area (Å²) < 4.78 is 29.5. The van der Waals surface area contributed by atoms with Crippen LogP contribution in [0.25, 0.3) is 44.5 Å². The first-order valence-corrected chi connectivity index (χ1v) is 12.9. The fourth-order valence-corrected chi connectivity index (χ4v) is 5.06. The fourth-order valence-electron chi connectivity index (χ4n) is 5.06. The lowest BCUT2D eigenvalue weighted by molar-refractivity contribution is -0.122. The average molecular weight is 525 g/mol. The standard InChI is InChI=1S/C30H26F2N6O/c31-22-7-3-19(4-8-22)26-24-18-38(17-16-35-30(39)25-2-1-13-34-25)37-29(24)36-28(21-5-9-23(32)10-6-21)27(26)20-11-14-33-15-12-20/h3-12,14-15,18,25,34H,1-2,13,16-17H2,(H,35,39)/t25-/m0/s1. The molecule has 2 aromatic carbocycles. The number of nitrogens with one attached hydrogen (secondary N) is 2. The minimum Gasteiger partial charge on any atom is -0.353 e. The molecule has 3 aromatic heterocycles. The van der Waals surface area contributed by atoms with E-state index in [1.165, 1.54) is 24.3 Å². The van der Waals surface area contributed by atoms with Gasteiger partial charge in [-0.25, -0.2) is 13.8 Å². The summed E-state index contributed by atoms with van der Waals surface area (Å²) in [7, 11) is 0. The number of rotatable bonds is 7. The molecule has 5 aromatic rings. The summed E-state index contributed by atoms with van der Waals surface area (Å²) in [5.41, 5.74) is 5.13. The summed E-state index contributed by atoms with van der Waals surface area (Å²) in [6.07, 6.45) is 7.14. The van der Waals surface area contributed by atoms with E-state index in [9.17, 15) is 13.6 Å². The van der Waals surface area contributed by atoms with Crippen LogP contribution in [0, 0.1) is 11.6 Å². The van der Waals surface area contributed by atoms with Gasteiger partial charge in [0.1, 0.15) is 11.6 Å². The molecule has 0 spiro atoms. The third-order valence-corrected chi connectivity index (χ3v) is 6.95. The van der Waals surface area contributed by atoms with Crippen LogP contribution in [0.4, 0.5) is 8.78 Å². The van der Waals surface area contributed by atoms with Gasteiger partial charge in [-0.15, -0.1) is 0 Å². The van der Waals surface area contributed by atoms with Gasteiger partial charge in [-0.05, 0) is 79.0 Å². The highest BCUT2D eigenvalue weighted by molar-refractivity contribution is 6.05. The maximum Gasteiger partial charge on any atom is 0.237 e. The Bertz CT molecular complexity index is 1610. The Kier molecular flexibility index (Phi) is 6.81. The molecule has 0 radical (unpaired) electrons. The molecule has 1 atom stereocenters. The van der Waals surface area contributed by atoms with Gasteiger partial charge in [0.15, 0.2) is 5.65 Å². The van der Waals surface area contributed by atoms with E-state index in [-0.39, 0.29) is 23.6 Å². The van der Waals surface area contributed by atoms with Crippen LogP contribution in [0.3, 0.4) is 0 Å². The van der Waals surface area contributed by atoms with E-state index in [0.29, 0.717) is 24.4 Å². The molecule has 1 saturated heterocycles. The van der Waals surface area contributed by atoms with Crippen molar-refractivity contribution in [3.8, 4) is 33.5 Å². The Morgan fingerprint density at radius 2 is 1.59 bits per heavy atom. The summed E-state index contributed by atoms with van der Waals surface area (Å²) in [6.45, 7) is 1.73. The zero-order chi connectivity index (χ0) is 26.8. The van der Waals surface area contributed by atoms with Gasteiger partial charge >= 0.3 is 0 Å². The summed E-state index contributed by atoms with van der Waals surface area (Å²) in [6, 6.07) is 16.1. The van der Waals surface area contributed by atoms with Gasteiger partial charge in [-0.3, -0.25) is 14.5 Å². The molecule has 0 saturated carbocycles. The van der Waals surface area contributed by atoms with E-state index in [2.05, 4.69) is 15.6 Å². The number of fused-ring (bicyclic) bond motifs is 1. The van der Waals surface area contributed by atoms with Crippen molar-refractivity contribution in [2.75, 3.05) is 13.1 Å². The Balaban J connectivity index is 1.48. The first kappa shape index (κ1) is 24.8. The van der Waals surface area contributed by atoms with Crippen molar-refractivity contribution in [1.82, 2.24) is 30.4 Å². The Morgan fingerprint density at radius 3 is 2.26 bits per heavy atom. The minimum atomic E-state index is -0.344. The van der Waals surface area contributed by atoms with Crippen LogP contribution in [-0.2, 0) is 11.3 Å². The lowest BCUT2D eigenvalue weighted by atomic mass is 9.90. The zero-order valence-corrected chi connectivity index (χ0v) is 21.1. The second-order valence-corrected chi connectivity index (χ2v) is 9.53. The van der Waals surface area contributed by atoms with Crippen molar-refractivity contribution in [2.24, 2.45) is 0 Å². The van der Waals surface area contributed by atoms with E-state index in [1.807, 2.05) is 18.3 Å². The molecule has 6 rings (SSSR count).